The van der Waals surface area contributed by atoms with Gasteiger partial charge < -0.3 is 10.1 Å². The minimum Gasteiger partial charge on any atom is -0.497 e. The Morgan fingerprint density at radius 2 is 1.70 bits per heavy atom. The fraction of sp³-hybridized carbons (Fsp3) is 0.182. The van der Waals surface area contributed by atoms with Gasteiger partial charge >= 0.3 is 0 Å². The fourth-order valence-corrected chi connectivity index (χ4v) is 4.06. The highest BCUT2D eigenvalue weighted by atomic mass is 32.2. The van der Waals surface area contributed by atoms with Crippen LogP contribution in [0.5, 0.6) is 5.75 Å². The molecule has 1 aromatic heterocycles. The van der Waals surface area contributed by atoms with Crippen LogP contribution in [0, 0.1) is 0 Å². The quantitative estimate of drug-likeness (QED) is 0.548. The summed E-state index contributed by atoms with van der Waals surface area (Å²) in [6.45, 7) is 0.252. The zero-order valence-electron chi connectivity index (χ0n) is 16.5. The molecule has 7 nitrogen and oxygen atoms in total. The molecule has 1 amide bonds. The second-order valence-electron chi connectivity index (χ2n) is 6.62. The second-order valence-corrected chi connectivity index (χ2v) is 8.33. The Hall–Kier alpha value is -3.23. The second kappa shape index (κ2) is 10.00. The Balaban J connectivity index is 1.78. The zero-order chi connectivity index (χ0) is 21.4. The average Bonchev–Trinajstić information content (AvgIpc) is 2.78. The van der Waals surface area contributed by atoms with Crippen LogP contribution in [0.3, 0.4) is 0 Å². The van der Waals surface area contributed by atoms with E-state index in [2.05, 4.69) is 15.0 Å². The molecule has 3 aromatic rings. The molecule has 1 atom stereocenters. The van der Waals surface area contributed by atoms with Gasteiger partial charge in [0.25, 0.3) is 0 Å². The van der Waals surface area contributed by atoms with E-state index in [1.54, 1.807) is 30.6 Å². The number of sulfonamides is 1. The van der Waals surface area contributed by atoms with Gasteiger partial charge in [-0.1, -0.05) is 36.4 Å². The number of rotatable bonds is 9. The molecule has 2 aromatic carbocycles. The van der Waals surface area contributed by atoms with Gasteiger partial charge in [-0.25, -0.2) is 8.42 Å². The number of nitrogens with one attached hydrogen (secondary N) is 2. The van der Waals surface area contributed by atoms with Crippen molar-refractivity contribution in [1.82, 2.24) is 15.0 Å². The summed E-state index contributed by atoms with van der Waals surface area (Å²) in [6, 6.07) is 17.9. The van der Waals surface area contributed by atoms with Crippen LogP contribution in [0.15, 0.2) is 84.0 Å². The summed E-state index contributed by atoms with van der Waals surface area (Å²) in [4.78, 5) is 16.9. The summed E-state index contributed by atoms with van der Waals surface area (Å²) < 4.78 is 33.3. The van der Waals surface area contributed by atoms with Crippen molar-refractivity contribution in [3.63, 3.8) is 0 Å². The van der Waals surface area contributed by atoms with E-state index in [9.17, 15) is 13.2 Å². The molecule has 1 unspecified atom stereocenters. The van der Waals surface area contributed by atoms with Crippen molar-refractivity contribution in [1.29, 1.82) is 0 Å². The van der Waals surface area contributed by atoms with Gasteiger partial charge in [-0.3, -0.25) is 9.78 Å². The lowest BCUT2D eigenvalue weighted by Gasteiger charge is -2.19. The molecule has 3 rings (SSSR count). The Kier molecular flexibility index (Phi) is 7.16. The van der Waals surface area contributed by atoms with Crippen LogP contribution in [-0.4, -0.2) is 32.5 Å². The summed E-state index contributed by atoms with van der Waals surface area (Å²) in [6.07, 6.45) is 3.51. The molecule has 0 aliphatic rings. The number of carbonyl (C=O) groups excluding carboxylic acids is 1. The molecule has 0 aliphatic heterocycles. The number of hydrogen-bond donors (Lipinski definition) is 2. The normalized spacial score (nSPS) is 12.2. The van der Waals surface area contributed by atoms with Crippen LogP contribution in [0.2, 0.25) is 0 Å². The largest absolute Gasteiger partial charge is 0.497 e. The number of benzene rings is 2. The standard InChI is InChI=1S/C22H23N3O4S/c1-29-19-9-11-20(12-10-19)30(27,28)25-21(14-17-6-3-2-4-7-17)22(26)24-16-18-8-5-13-23-15-18/h2-13,15,21,25H,14,16H2,1H3,(H,24,26). The smallest absolute Gasteiger partial charge is 0.241 e. The first-order chi connectivity index (χ1) is 14.5. The third kappa shape index (κ3) is 5.88. The fourth-order valence-electron chi connectivity index (χ4n) is 2.86. The topological polar surface area (TPSA) is 97.4 Å². The molecular formula is C22H23N3O4S. The van der Waals surface area contributed by atoms with Crippen molar-refractivity contribution in [3.8, 4) is 5.75 Å². The summed E-state index contributed by atoms with van der Waals surface area (Å²) in [5.74, 6) is 0.129. The molecule has 0 radical (unpaired) electrons. The Labute approximate surface area is 176 Å². The minimum absolute atomic E-state index is 0.0569. The van der Waals surface area contributed by atoms with Crippen LogP contribution in [0.1, 0.15) is 11.1 Å². The highest BCUT2D eigenvalue weighted by Gasteiger charge is 2.26. The van der Waals surface area contributed by atoms with E-state index in [0.29, 0.717) is 5.75 Å². The van der Waals surface area contributed by atoms with Crippen LogP contribution in [0.25, 0.3) is 0 Å². The predicted octanol–water partition coefficient (Wildman–Crippen LogP) is 2.30. The monoisotopic (exact) mass is 425 g/mol. The van der Waals surface area contributed by atoms with Gasteiger partial charge in [-0.2, -0.15) is 4.72 Å². The van der Waals surface area contributed by atoms with E-state index in [1.165, 1.54) is 19.2 Å². The molecule has 0 bridgehead atoms. The van der Waals surface area contributed by atoms with Gasteiger partial charge in [-0.05, 0) is 47.9 Å². The van der Waals surface area contributed by atoms with Crippen molar-refractivity contribution in [2.75, 3.05) is 7.11 Å². The van der Waals surface area contributed by atoms with E-state index in [0.717, 1.165) is 11.1 Å². The lowest BCUT2D eigenvalue weighted by atomic mass is 10.1. The summed E-state index contributed by atoms with van der Waals surface area (Å²) in [5.41, 5.74) is 1.67. The van der Waals surface area contributed by atoms with Crippen molar-refractivity contribution >= 4 is 15.9 Å². The average molecular weight is 426 g/mol. The summed E-state index contributed by atoms with van der Waals surface area (Å²) in [5, 5.41) is 2.79. The number of hydrogen-bond acceptors (Lipinski definition) is 5. The van der Waals surface area contributed by atoms with E-state index in [-0.39, 0.29) is 17.9 Å². The number of carbonyl (C=O) groups is 1. The highest BCUT2D eigenvalue weighted by molar-refractivity contribution is 7.89. The minimum atomic E-state index is -3.91. The first kappa shape index (κ1) is 21.5. The maximum Gasteiger partial charge on any atom is 0.241 e. The van der Waals surface area contributed by atoms with Gasteiger partial charge in [0.1, 0.15) is 11.8 Å². The van der Waals surface area contributed by atoms with Gasteiger partial charge in [-0.15, -0.1) is 0 Å². The maximum absolute atomic E-state index is 12.9. The molecular weight excluding hydrogens is 402 g/mol. The Morgan fingerprint density at radius 3 is 2.33 bits per heavy atom. The van der Waals surface area contributed by atoms with Crippen molar-refractivity contribution in [3.05, 3.63) is 90.3 Å². The number of pyridine rings is 1. The molecule has 0 spiro atoms. The Morgan fingerprint density at radius 1 is 1.00 bits per heavy atom. The van der Waals surface area contributed by atoms with Gasteiger partial charge in [0, 0.05) is 18.9 Å². The molecule has 0 fully saturated rings. The Bertz CT molecular complexity index is 1060. The molecule has 0 saturated heterocycles. The summed E-state index contributed by atoms with van der Waals surface area (Å²) in [7, 11) is -2.41. The number of aromatic nitrogens is 1. The molecule has 1 heterocycles. The van der Waals surface area contributed by atoms with E-state index in [4.69, 9.17) is 4.74 Å². The van der Waals surface area contributed by atoms with E-state index < -0.39 is 22.0 Å². The maximum atomic E-state index is 12.9. The number of nitrogens with zero attached hydrogens (tertiary/aromatic N) is 1. The van der Waals surface area contributed by atoms with Crippen molar-refractivity contribution in [2.24, 2.45) is 0 Å². The van der Waals surface area contributed by atoms with Gasteiger partial charge in [0.05, 0.1) is 12.0 Å². The molecule has 0 saturated carbocycles. The zero-order valence-corrected chi connectivity index (χ0v) is 17.3. The highest BCUT2D eigenvalue weighted by Crippen LogP contribution is 2.16. The van der Waals surface area contributed by atoms with Crippen LogP contribution < -0.4 is 14.8 Å². The van der Waals surface area contributed by atoms with Crippen LogP contribution in [0.4, 0.5) is 0 Å². The van der Waals surface area contributed by atoms with Gasteiger partial charge in [0.2, 0.25) is 15.9 Å². The first-order valence-corrected chi connectivity index (χ1v) is 10.8. The van der Waals surface area contributed by atoms with Crippen LogP contribution >= 0.6 is 0 Å². The van der Waals surface area contributed by atoms with Crippen LogP contribution in [-0.2, 0) is 27.8 Å². The number of amides is 1. The number of methoxy groups -OCH3 is 1. The molecule has 8 heteroatoms. The lowest BCUT2D eigenvalue weighted by Crippen LogP contribution is -2.47. The third-order valence-electron chi connectivity index (χ3n) is 4.46. The number of ether oxygens (including phenoxy) is 1. The molecule has 156 valence electrons. The molecule has 30 heavy (non-hydrogen) atoms. The van der Waals surface area contributed by atoms with E-state index >= 15 is 0 Å². The predicted molar refractivity (Wildman–Crippen MR) is 113 cm³/mol. The molecule has 0 aliphatic carbocycles. The SMILES string of the molecule is COc1ccc(S(=O)(=O)NC(Cc2ccccc2)C(=O)NCc2cccnc2)cc1. The summed E-state index contributed by atoms with van der Waals surface area (Å²) >= 11 is 0. The lowest BCUT2D eigenvalue weighted by molar-refractivity contribution is -0.122. The third-order valence-corrected chi connectivity index (χ3v) is 5.94. The molecule has 2 N–H and O–H groups in total. The first-order valence-electron chi connectivity index (χ1n) is 9.35. The van der Waals surface area contributed by atoms with Gasteiger partial charge in [0.15, 0.2) is 0 Å². The van der Waals surface area contributed by atoms with Crippen molar-refractivity contribution in [2.45, 2.75) is 23.9 Å². The van der Waals surface area contributed by atoms with Crippen molar-refractivity contribution < 1.29 is 17.9 Å². The van der Waals surface area contributed by atoms with E-state index in [1.807, 2.05) is 36.4 Å².